The van der Waals surface area contributed by atoms with Gasteiger partial charge in [0.15, 0.2) is 0 Å². The van der Waals surface area contributed by atoms with Crippen molar-refractivity contribution in [3.8, 4) is 0 Å². The van der Waals surface area contributed by atoms with Crippen molar-refractivity contribution in [2.24, 2.45) is 11.7 Å². The second kappa shape index (κ2) is 6.80. The van der Waals surface area contributed by atoms with Gasteiger partial charge in [-0.05, 0) is 34.5 Å². The molecule has 100 valence electrons. The predicted octanol–water partition coefficient (Wildman–Crippen LogP) is 3.04. The number of amides is 1. The highest BCUT2D eigenvalue weighted by Crippen LogP contribution is 2.23. The topological polar surface area (TPSA) is 55.1 Å². The van der Waals surface area contributed by atoms with E-state index in [0.717, 1.165) is 18.6 Å². The number of rotatable bonds is 5. The fourth-order valence-corrected chi connectivity index (χ4v) is 1.79. The molecule has 0 aliphatic rings. The molecule has 3 nitrogen and oxygen atoms in total. The van der Waals surface area contributed by atoms with Crippen LogP contribution >= 0.6 is 15.9 Å². The smallest absolute Gasteiger partial charge is 0.224 e. The zero-order chi connectivity index (χ0) is 13.7. The summed E-state index contributed by atoms with van der Waals surface area (Å²) in [6, 6.07) is 1.92. The summed E-state index contributed by atoms with van der Waals surface area (Å²) in [7, 11) is 0. The van der Waals surface area contributed by atoms with E-state index in [9.17, 15) is 13.6 Å². The molecule has 0 radical (unpaired) electrons. The van der Waals surface area contributed by atoms with Crippen molar-refractivity contribution in [1.82, 2.24) is 0 Å². The molecule has 6 heteroatoms. The molecule has 0 aliphatic heterocycles. The van der Waals surface area contributed by atoms with Crippen LogP contribution in [0.15, 0.2) is 16.6 Å². The van der Waals surface area contributed by atoms with Gasteiger partial charge in [-0.15, -0.1) is 0 Å². The Labute approximate surface area is 113 Å². The molecule has 18 heavy (non-hydrogen) atoms. The molecule has 3 N–H and O–H groups in total. The van der Waals surface area contributed by atoms with Crippen LogP contribution in [0.4, 0.5) is 14.5 Å². The van der Waals surface area contributed by atoms with Crippen molar-refractivity contribution >= 4 is 27.5 Å². The first-order valence-corrected chi connectivity index (χ1v) is 6.41. The normalized spacial score (nSPS) is 12.3. The van der Waals surface area contributed by atoms with E-state index in [1.165, 1.54) is 0 Å². The molecule has 1 aromatic rings. The summed E-state index contributed by atoms with van der Waals surface area (Å²) in [6.45, 7) is 2.31. The molecular formula is C12H15BrF2N2O. The largest absolute Gasteiger partial charge is 0.330 e. The van der Waals surface area contributed by atoms with Gasteiger partial charge in [0.25, 0.3) is 0 Å². The first-order chi connectivity index (χ1) is 8.47. The molecule has 1 unspecified atom stereocenters. The van der Waals surface area contributed by atoms with Crippen LogP contribution in [0.1, 0.15) is 19.8 Å². The molecule has 1 amide bonds. The number of anilines is 1. The van der Waals surface area contributed by atoms with Gasteiger partial charge >= 0.3 is 0 Å². The fraction of sp³-hybridized carbons (Fsp3) is 0.417. The van der Waals surface area contributed by atoms with Crippen molar-refractivity contribution in [2.45, 2.75) is 19.8 Å². The molecule has 0 aliphatic carbocycles. The SMILES string of the molecule is CCC(CN)CC(=O)Nc1cc(F)c(Br)cc1F. The lowest BCUT2D eigenvalue weighted by Crippen LogP contribution is -2.22. The van der Waals surface area contributed by atoms with Gasteiger partial charge in [0.1, 0.15) is 11.6 Å². The molecule has 0 fully saturated rings. The van der Waals surface area contributed by atoms with Gasteiger partial charge in [-0.1, -0.05) is 13.3 Å². The Kier molecular flexibility index (Phi) is 5.68. The number of hydrogen-bond acceptors (Lipinski definition) is 2. The van der Waals surface area contributed by atoms with Crippen LogP contribution in [-0.4, -0.2) is 12.5 Å². The minimum Gasteiger partial charge on any atom is -0.330 e. The summed E-state index contributed by atoms with van der Waals surface area (Å²) in [5.74, 6) is -1.63. The first kappa shape index (κ1) is 15.0. The number of halogens is 3. The van der Waals surface area contributed by atoms with Crippen molar-refractivity contribution in [3.63, 3.8) is 0 Å². The lowest BCUT2D eigenvalue weighted by Gasteiger charge is -2.12. The highest BCUT2D eigenvalue weighted by atomic mass is 79.9. The van der Waals surface area contributed by atoms with E-state index in [2.05, 4.69) is 21.2 Å². The summed E-state index contributed by atoms with van der Waals surface area (Å²) in [5.41, 5.74) is 5.32. The van der Waals surface area contributed by atoms with E-state index < -0.39 is 11.6 Å². The van der Waals surface area contributed by atoms with Crippen LogP contribution in [0, 0.1) is 17.6 Å². The van der Waals surface area contributed by atoms with E-state index in [1.54, 1.807) is 0 Å². The second-order valence-electron chi connectivity index (χ2n) is 4.01. The molecule has 0 saturated carbocycles. The standard InChI is InChI=1S/C12H15BrF2N2O/c1-2-7(6-16)3-12(18)17-11-5-9(14)8(13)4-10(11)15/h4-5,7H,2-3,6,16H2,1H3,(H,17,18). The summed E-state index contributed by atoms with van der Waals surface area (Å²) in [4.78, 5) is 11.6. The van der Waals surface area contributed by atoms with Gasteiger partial charge < -0.3 is 11.1 Å². The zero-order valence-corrected chi connectivity index (χ0v) is 11.6. The Morgan fingerprint density at radius 2 is 2.11 bits per heavy atom. The Hall–Kier alpha value is -1.01. The average molecular weight is 321 g/mol. The maximum atomic E-state index is 13.5. The first-order valence-electron chi connectivity index (χ1n) is 5.62. The quantitative estimate of drug-likeness (QED) is 0.819. The average Bonchev–Trinajstić information content (AvgIpc) is 2.33. The van der Waals surface area contributed by atoms with Crippen molar-refractivity contribution in [3.05, 3.63) is 28.2 Å². The Bertz CT molecular complexity index is 436. The van der Waals surface area contributed by atoms with Gasteiger partial charge in [-0.25, -0.2) is 8.78 Å². The number of hydrogen-bond donors (Lipinski definition) is 2. The maximum Gasteiger partial charge on any atom is 0.224 e. The highest BCUT2D eigenvalue weighted by molar-refractivity contribution is 9.10. The minimum absolute atomic E-state index is 0.0198. The van der Waals surface area contributed by atoms with Crippen molar-refractivity contribution < 1.29 is 13.6 Å². The van der Waals surface area contributed by atoms with Crippen LogP contribution in [-0.2, 0) is 4.79 Å². The van der Waals surface area contributed by atoms with Crippen LogP contribution in [0.3, 0.4) is 0 Å². The van der Waals surface area contributed by atoms with E-state index in [4.69, 9.17) is 5.73 Å². The van der Waals surface area contributed by atoms with Crippen LogP contribution in [0.2, 0.25) is 0 Å². The van der Waals surface area contributed by atoms with E-state index in [1.807, 2.05) is 6.92 Å². The molecule has 1 rings (SSSR count). The molecule has 0 saturated heterocycles. The number of carbonyl (C=O) groups excluding carboxylic acids is 1. The van der Waals surface area contributed by atoms with Gasteiger partial charge in [-0.3, -0.25) is 4.79 Å². The highest BCUT2D eigenvalue weighted by Gasteiger charge is 2.14. The minimum atomic E-state index is -0.683. The van der Waals surface area contributed by atoms with Gasteiger partial charge in [0.2, 0.25) is 5.91 Å². The second-order valence-corrected chi connectivity index (χ2v) is 4.86. The summed E-state index contributed by atoms with van der Waals surface area (Å²) >= 11 is 2.86. The zero-order valence-electron chi connectivity index (χ0n) is 9.97. The molecule has 0 aromatic heterocycles. The Balaban J connectivity index is 2.73. The number of nitrogens with two attached hydrogens (primary N) is 1. The van der Waals surface area contributed by atoms with Crippen LogP contribution in [0.5, 0.6) is 0 Å². The molecule has 1 atom stereocenters. The molecule has 0 bridgehead atoms. The maximum absolute atomic E-state index is 13.5. The van der Waals surface area contributed by atoms with Gasteiger partial charge in [-0.2, -0.15) is 0 Å². The molecule has 0 heterocycles. The molecular weight excluding hydrogens is 306 g/mol. The van der Waals surface area contributed by atoms with Crippen LogP contribution < -0.4 is 11.1 Å². The summed E-state index contributed by atoms with van der Waals surface area (Å²) < 4.78 is 26.7. The monoisotopic (exact) mass is 320 g/mol. The molecule has 1 aromatic carbocycles. The van der Waals surface area contributed by atoms with Gasteiger partial charge in [0, 0.05) is 12.5 Å². The lowest BCUT2D eigenvalue weighted by molar-refractivity contribution is -0.117. The van der Waals surface area contributed by atoms with Crippen molar-refractivity contribution in [1.29, 1.82) is 0 Å². The summed E-state index contributed by atoms with van der Waals surface area (Å²) in [5, 5.41) is 2.35. The predicted molar refractivity (Wildman–Crippen MR) is 70.1 cm³/mol. The lowest BCUT2D eigenvalue weighted by atomic mass is 10.0. The van der Waals surface area contributed by atoms with E-state index in [0.29, 0.717) is 6.54 Å². The Morgan fingerprint density at radius 3 is 2.67 bits per heavy atom. The third-order valence-electron chi connectivity index (χ3n) is 2.67. The van der Waals surface area contributed by atoms with E-state index >= 15 is 0 Å². The van der Waals surface area contributed by atoms with E-state index in [-0.39, 0.29) is 28.4 Å². The van der Waals surface area contributed by atoms with Crippen LogP contribution in [0.25, 0.3) is 0 Å². The number of nitrogens with one attached hydrogen (secondary N) is 1. The third kappa shape index (κ3) is 4.03. The van der Waals surface area contributed by atoms with Gasteiger partial charge in [0.05, 0.1) is 10.2 Å². The number of benzene rings is 1. The summed E-state index contributed by atoms with van der Waals surface area (Å²) in [6.07, 6.45) is 0.964. The molecule has 0 spiro atoms. The third-order valence-corrected chi connectivity index (χ3v) is 3.28. The number of carbonyl (C=O) groups is 1. The fourth-order valence-electron chi connectivity index (χ4n) is 1.48. The van der Waals surface area contributed by atoms with Crippen molar-refractivity contribution in [2.75, 3.05) is 11.9 Å². The Morgan fingerprint density at radius 1 is 1.44 bits per heavy atom.